The first kappa shape index (κ1) is 15.1. The summed E-state index contributed by atoms with van der Waals surface area (Å²) < 4.78 is 27.2. The number of aryl methyl sites for hydroxylation is 1. The summed E-state index contributed by atoms with van der Waals surface area (Å²) in [6.07, 6.45) is 0.787. The Kier molecular flexibility index (Phi) is 5.23. The molecule has 0 aliphatic carbocycles. The molecule has 0 saturated carbocycles. The normalized spacial score (nSPS) is 11.5. The van der Waals surface area contributed by atoms with Gasteiger partial charge in [-0.25, -0.2) is 17.8 Å². The van der Waals surface area contributed by atoms with Gasteiger partial charge in [-0.1, -0.05) is 12.1 Å². The summed E-state index contributed by atoms with van der Waals surface area (Å²) in [6.45, 7) is 2.10. The number of aromatic nitrogens is 3. The molecular weight excluding hydrogens is 326 g/mol. The van der Waals surface area contributed by atoms with Gasteiger partial charge in [-0.05, 0) is 22.4 Å². The van der Waals surface area contributed by atoms with Gasteiger partial charge in [-0.15, -0.1) is 5.10 Å². The largest absolute Gasteiger partial charge is 0.355 e. The van der Waals surface area contributed by atoms with Gasteiger partial charge < -0.3 is 5.32 Å². The number of sulfonamides is 1. The van der Waals surface area contributed by atoms with Gasteiger partial charge in [0.05, 0.1) is 6.54 Å². The number of amides is 1. The molecule has 0 spiro atoms. The molecule has 1 aromatic heterocycles. The molecule has 102 valence electrons. The minimum Gasteiger partial charge on any atom is -0.355 e. The fourth-order valence-electron chi connectivity index (χ4n) is 1.16. The van der Waals surface area contributed by atoms with Gasteiger partial charge in [0.2, 0.25) is 10.9 Å². The average molecular weight is 340 g/mol. The Morgan fingerprint density at radius 1 is 1.50 bits per heavy atom. The second-order valence-corrected chi connectivity index (χ2v) is 5.92. The highest BCUT2D eigenvalue weighted by Crippen LogP contribution is 2.16. The quantitative estimate of drug-likeness (QED) is 0.718. The van der Waals surface area contributed by atoms with E-state index in [1.54, 1.807) is 0 Å². The highest BCUT2D eigenvalue weighted by atomic mass is 79.9. The molecule has 0 aliphatic heterocycles. The fraction of sp³-hybridized carbons (Fsp3) is 0.625. The van der Waals surface area contributed by atoms with Gasteiger partial charge in [-0.2, -0.15) is 0 Å². The Morgan fingerprint density at radius 2 is 2.17 bits per heavy atom. The zero-order valence-corrected chi connectivity index (χ0v) is 12.4. The standard InChI is InChI=1S/C8H14BrN5O3S/c1-3-4-10-6(15)5-11-18(16,17)8-7(9)12-13-14(8)2/h11H,3-5H2,1-2H3,(H,10,15). The molecule has 0 aromatic carbocycles. The van der Waals surface area contributed by atoms with Gasteiger partial charge in [-0.3, -0.25) is 4.79 Å². The molecule has 10 heteroatoms. The number of hydrogen-bond donors (Lipinski definition) is 2. The molecule has 1 amide bonds. The van der Waals surface area contributed by atoms with Crippen molar-refractivity contribution in [2.45, 2.75) is 18.4 Å². The molecule has 0 unspecified atom stereocenters. The summed E-state index contributed by atoms with van der Waals surface area (Å²) in [5.41, 5.74) is 0. The van der Waals surface area contributed by atoms with Crippen LogP contribution in [0.25, 0.3) is 0 Å². The van der Waals surface area contributed by atoms with E-state index in [0.29, 0.717) is 6.54 Å². The number of nitrogens with one attached hydrogen (secondary N) is 2. The molecule has 0 fully saturated rings. The van der Waals surface area contributed by atoms with Gasteiger partial charge in [0.25, 0.3) is 10.0 Å². The Morgan fingerprint density at radius 3 is 2.67 bits per heavy atom. The van der Waals surface area contributed by atoms with Gasteiger partial charge in [0.15, 0.2) is 4.60 Å². The van der Waals surface area contributed by atoms with Crippen LogP contribution in [-0.2, 0) is 21.9 Å². The maximum atomic E-state index is 11.9. The molecule has 0 saturated heterocycles. The van der Waals surface area contributed by atoms with Crippen molar-refractivity contribution >= 4 is 31.9 Å². The summed E-state index contributed by atoms with van der Waals surface area (Å²) in [7, 11) is -2.37. The van der Waals surface area contributed by atoms with Crippen LogP contribution < -0.4 is 10.0 Å². The topological polar surface area (TPSA) is 106 Å². The van der Waals surface area contributed by atoms with Crippen molar-refractivity contribution in [1.29, 1.82) is 0 Å². The highest BCUT2D eigenvalue weighted by molar-refractivity contribution is 9.10. The number of hydrogen-bond acceptors (Lipinski definition) is 5. The molecule has 0 aliphatic rings. The number of halogens is 1. The summed E-state index contributed by atoms with van der Waals surface area (Å²) in [5, 5.41) is 9.57. The van der Waals surface area contributed by atoms with Crippen LogP contribution in [0, 0.1) is 0 Å². The average Bonchev–Trinajstić information content (AvgIpc) is 2.64. The van der Waals surface area contributed by atoms with E-state index < -0.39 is 10.0 Å². The molecule has 0 radical (unpaired) electrons. The minimum absolute atomic E-state index is 0.103. The molecule has 2 N–H and O–H groups in total. The van der Waals surface area contributed by atoms with Crippen LogP contribution in [0.2, 0.25) is 0 Å². The van der Waals surface area contributed by atoms with Crippen LogP contribution in [0.1, 0.15) is 13.3 Å². The third kappa shape index (κ3) is 3.75. The molecular formula is C8H14BrN5O3S. The lowest BCUT2D eigenvalue weighted by Gasteiger charge is -2.07. The summed E-state index contributed by atoms with van der Waals surface area (Å²) in [5.74, 6) is -0.383. The Hall–Kier alpha value is -1.00. The van der Waals surface area contributed by atoms with Gasteiger partial charge >= 0.3 is 0 Å². The molecule has 0 atom stereocenters. The summed E-state index contributed by atoms with van der Waals surface area (Å²) >= 11 is 2.99. The van der Waals surface area contributed by atoms with Crippen molar-refractivity contribution in [3.8, 4) is 0 Å². The lowest BCUT2D eigenvalue weighted by molar-refractivity contribution is -0.119. The first-order valence-electron chi connectivity index (χ1n) is 5.20. The first-order chi connectivity index (χ1) is 8.38. The summed E-state index contributed by atoms with van der Waals surface area (Å²) in [6, 6.07) is 0. The van der Waals surface area contributed by atoms with E-state index in [9.17, 15) is 13.2 Å². The highest BCUT2D eigenvalue weighted by Gasteiger charge is 2.24. The third-order valence-electron chi connectivity index (χ3n) is 1.99. The van der Waals surface area contributed by atoms with Gasteiger partial charge in [0, 0.05) is 13.6 Å². The predicted molar refractivity (Wildman–Crippen MR) is 67.2 cm³/mol. The molecule has 8 nitrogen and oxygen atoms in total. The van der Waals surface area contributed by atoms with Crippen molar-refractivity contribution in [3.63, 3.8) is 0 Å². The molecule has 18 heavy (non-hydrogen) atoms. The van der Waals surface area contributed by atoms with Crippen LogP contribution in [0.4, 0.5) is 0 Å². The smallest absolute Gasteiger partial charge is 0.261 e. The molecule has 1 aromatic rings. The SMILES string of the molecule is CCCNC(=O)CNS(=O)(=O)c1c(Br)nnn1C. The van der Waals surface area contributed by atoms with E-state index in [4.69, 9.17) is 0 Å². The zero-order chi connectivity index (χ0) is 13.8. The lowest BCUT2D eigenvalue weighted by Crippen LogP contribution is -2.37. The van der Waals surface area contributed by atoms with Gasteiger partial charge in [0.1, 0.15) is 0 Å². The second kappa shape index (κ2) is 6.25. The second-order valence-electron chi connectivity index (χ2n) is 3.48. The molecule has 1 rings (SSSR count). The lowest BCUT2D eigenvalue weighted by atomic mass is 10.5. The van der Waals surface area contributed by atoms with Crippen LogP contribution in [0.15, 0.2) is 9.63 Å². The van der Waals surface area contributed by atoms with Crippen LogP contribution in [0.3, 0.4) is 0 Å². The van der Waals surface area contributed by atoms with E-state index in [1.165, 1.54) is 7.05 Å². The van der Waals surface area contributed by atoms with E-state index in [0.717, 1.165) is 11.1 Å². The summed E-state index contributed by atoms with van der Waals surface area (Å²) in [4.78, 5) is 11.3. The van der Waals surface area contributed by atoms with Crippen molar-refractivity contribution in [2.75, 3.05) is 13.1 Å². The van der Waals surface area contributed by atoms with Crippen LogP contribution in [-0.4, -0.2) is 42.4 Å². The van der Waals surface area contributed by atoms with Crippen molar-refractivity contribution < 1.29 is 13.2 Å². The van der Waals surface area contributed by atoms with Crippen LogP contribution >= 0.6 is 15.9 Å². The zero-order valence-electron chi connectivity index (χ0n) is 9.97. The fourth-order valence-corrected chi connectivity index (χ4v) is 3.24. The Labute approximate surface area is 113 Å². The monoisotopic (exact) mass is 339 g/mol. The predicted octanol–water partition coefficient (Wildman–Crippen LogP) is -0.618. The van der Waals surface area contributed by atoms with Crippen molar-refractivity contribution in [3.05, 3.63) is 4.60 Å². The molecule has 1 heterocycles. The van der Waals surface area contributed by atoms with Crippen LogP contribution in [0.5, 0.6) is 0 Å². The number of carbonyl (C=O) groups excluding carboxylic acids is 1. The first-order valence-corrected chi connectivity index (χ1v) is 7.47. The maximum Gasteiger partial charge on any atom is 0.261 e. The Balaban J connectivity index is 2.69. The van der Waals surface area contributed by atoms with Crippen molar-refractivity contribution in [2.24, 2.45) is 7.05 Å². The Bertz CT molecular complexity index is 507. The number of nitrogens with zero attached hydrogens (tertiary/aromatic N) is 3. The number of carbonyl (C=O) groups is 1. The van der Waals surface area contributed by atoms with E-state index in [1.807, 2.05) is 6.92 Å². The van der Waals surface area contributed by atoms with E-state index in [2.05, 4.69) is 36.3 Å². The third-order valence-corrected chi connectivity index (χ3v) is 4.27. The minimum atomic E-state index is -3.82. The van der Waals surface area contributed by atoms with E-state index >= 15 is 0 Å². The van der Waals surface area contributed by atoms with E-state index in [-0.39, 0.29) is 22.1 Å². The van der Waals surface area contributed by atoms with Crippen molar-refractivity contribution in [1.82, 2.24) is 25.0 Å². The maximum absolute atomic E-state index is 11.9. The number of rotatable bonds is 6. The molecule has 0 bridgehead atoms.